The van der Waals surface area contributed by atoms with E-state index in [2.05, 4.69) is 24.1 Å². The van der Waals surface area contributed by atoms with Crippen LogP contribution < -0.4 is 14.8 Å². The number of unbranched alkanes of at least 4 members (excludes halogenated alkanes) is 6. The third-order valence-electron chi connectivity index (χ3n) is 4.47. The van der Waals surface area contributed by atoms with Gasteiger partial charge in [-0.1, -0.05) is 52.4 Å². The summed E-state index contributed by atoms with van der Waals surface area (Å²) in [6, 6.07) is 5.88. The Bertz CT molecular complexity index is 524. The Labute approximate surface area is 157 Å². The van der Waals surface area contributed by atoms with E-state index in [0.717, 1.165) is 35.4 Å². The smallest absolute Gasteiger partial charge is 0.231 e. The summed E-state index contributed by atoms with van der Waals surface area (Å²) in [6.45, 7) is 6.85. The van der Waals surface area contributed by atoms with Crippen LogP contribution in [0, 0.1) is 0 Å². The Kier molecular flexibility index (Phi) is 8.87. The average molecular weight is 365 g/mol. The second-order valence-corrected chi connectivity index (χ2v) is 6.99. The zero-order chi connectivity index (χ0) is 17.9. The lowest BCUT2D eigenvalue weighted by Gasteiger charge is -2.26. The Morgan fingerprint density at radius 1 is 0.960 bits per heavy atom. The molecule has 1 heterocycles. The van der Waals surface area contributed by atoms with E-state index in [1.54, 1.807) is 0 Å². The summed E-state index contributed by atoms with van der Waals surface area (Å²) in [5.74, 6) is 1.58. The molecule has 0 amide bonds. The summed E-state index contributed by atoms with van der Waals surface area (Å²) < 4.78 is 10.8. The van der Waals surface area contributed by atoms with Crippen molar-refractivity contribution in [3.8, 4) is 11.5 Å². The van der Waals surface area contributed by atoms with Crippen molar-refractivity contribution in [1.29, 1.82) is 0 Å². The van der Waals surface area contributed by atoms with Crippen LogP contribution in [0.3, 0.4) is 0 Å². The molecule has 0 saturated heterocycles. The minimum Gasteiger partial charge on any atom is -0.454 e. The number of nitrogens with one attached hydrogen (secondary N) is 1. The molecule has 1 aromatic rings. The van der Waals surface area contributed by atoms with E-state index in [4.69, 9.17) is 21.7 Å². The van der Waals surface area contributed by atoms with Gasteiger partial charge in [0.15, 0.2) is 16.6 Å². The lowest BCUT2D eigenvalue weighted by Crippen LogP contribution is -2.36. The predicted octanol–water partition coefficient (Wildman–Crippen LogP) is 5.57. The van der Waals surface area contributed by atoms with E-state index >= 15 is 0 Å². The van der Waals surface area contributed by atoms with Gasteiger partial charge >= 0.3 is 0 Å². The van der Waals surface area contributed by atoms with Crippen LogP contribution in [0.25, 0.3) is 0 Å². The summed E-state index contributed by atoms with van der Waals surface area (Å²) in [5.41, 5.74) is 0.960. The van der Waals surface area contributed by atoms with Gasteiger partial charge in [0.05, 0.1) is 0 Å². The highest BCUT2D eigenvalue weighted by molar-refractivity contribution is 7.80. The first kappa shape index (κ1) is 19.8. The van der Waals surface area contributed by atoms with Crippen LogP contribution in [-0.4, -0.2) is 29.9 Å². The maximum atomic E-state index is 5.68. The second-order valence-electron chi connectivity index (χ2n) is 6.61. The molecule has 0 bridgehead atoms. The lowest BCUT2D eigenvalue weighted by molar-refractivity contribution is 0.174. The molecule has 0 atom stereocenters. The van der Waals surface area contributed by atoms with Gasteiger partial charge in [-0.2, -0.15) is 0 Å². The van der Waals surface area contributed by atoms with Crippen molar-refractivity contribution in [2.75, 3.05) is 25.2 Å². The van der Waals surface area contributed by atoms with Gasteiger partial charge in [-0.25, -0.2) is 0 Å². The van der Waals surface area contributed by atoms with Gasteiger partial charge in [0.2, 0.25) is 6.79 Å². The molecule has 0 aromatic heterocycles. The van der Waals surface area contributed by atoms with Gasteiger partial charge in [0.1, 0.15) is 0 Å². The largest absolute Gasteiger partial charge is 0.454 e. The lowest BCUT2D eigenvalue weighted by atomic mass is 10.2. The van der Waals surface area contributed by atoms with Crippen molar-refractivity contribution in [3.05, 3.63) is 18.2 Å². The highest BCUT2D eigenvalue weighted by Gasteiger charge is 2.15. The molecule has 1 aliphatic rings. The van der Waals surface area contributed by atoms with Gasteiger partial charge < -0.3 is 19.7 Å². The van der Waals surface area contributed by atoms with Crippen LogP contribution in [0.1, 0.15) is 65.2 Å². The number of rotatable bonds is 11. The number of ether oxygens (including phenoxy) is 2. The maximum absolute atomic E-state index is 5.68. The second kappa shape index (κ2) is 11.2. The molecule has 5 heteroatoms. The number of nitrogens with zero attached hydrogens (tertiary/aromatic N) is 1. The van der Waals surface area contributed by atoms with Crippen molar-refractivity contribution in [3.63, 3.8) is 0 Å². The molecular weight excluding hydrogens is 332 g/mol. The maximum Gasteiger partial charge on any atom is 0.231 e. The van der Waals surface area contributed by atoms with Gasteiger partial charge in [0.25, 0.3) is 0 Å². The number of thiocarbonyl (C=S) groups is 1. The number of fused-ring (bicyclic) bond motifs is 1. The zero-order valence-electron chi connectivity index (χ0n) is 15.7. The molecule has 0 unspecified atom stereocenters. The van der Waals surface area contributed by atoms with E-state index in [-0.39, 0.29) is 0 Å². The first-order valence-corrected chi connectivity index (χ1v) is 10.1. The van der Waals surface area contributed by atoms with Crippen LogP contribution in [0.2, 0.25) is 0 Å². The molecule has 25 heavy (non-hydrogen) atoms. The van der Waals surface area contributed by atoms with E-state index in [1.165, 1.54) is 51.4 Å². The summed E-state index contributed by atoms with van der Waals surface area (Å²) in [5, 5.41) is 4.19. The van der Waals surface area contributed by atoms with Crippen molar-refractivity contribution in [2.24, 2.45) is 0 Å². The summed E-state index contributed by atoms with van der Waals surface area (Å²) in [4.78, 5) is 2.32. The van der Waals surface area contributed by atoms with Gasteiger partial charge in [-0.15, -0.1) is 0 Å². The Morgan fingerprint density at radius 2 is 1.60 bits per heavy atom. The monoisotopic (exact) mass is 364 g/mol. The van der Waals surface area contributed by atoms with Crippen LogP contribution in [-0.2, 0) is 0 Å². The van der Waals surface area contributed by atoms with Gasteiger partial charge in [-0.05, 0) is 37.2 Å². The molecule has 1 N–H and O–H groups in total. The van der Waals surface area contributed by atoms with Crippen LogP contribution in [0.15, 0.2) is 18.2 Å². The molecule has 0 aliphatic carbocycles. The molecule has 1 aliphatic heterocycles. The Morgan fingerprint density at radius 3 is 2.24 bits per heavy atom. The number of hydrogen-bond donors (Lipinski definition) is 1. The van der Waals surface area contributed by atoms with Gasteiger partial charge in [-0.3, -0.25) is 0 Å². The first-order valence-electron chi connectivity index (χ1n) is 9.70. The van der Waals surface area contributed by atoms with Crippen molar-refractivity contribution < 1.29 is 9.47 Å². The standard InChI is InChI=1S/C20H32N2O2S/c1-3-5-7-9-13-22(14-10-8-6-4-2)20(25)21-17-11-12-18-19(15-17)24-16-23-18/h11-12,15H,3-10,13-14,16H2,1-2H3,(H,21,25). The third-order valence-corrected chi connectivity index (χ3v) is 4.83. The highest BCUT2D eigenvalue weighted by atomic mass is 32.1. The van der Waals surface area contributed by atoms with E-state index in [9.17, 15) is 0 Å². The fraction of sp³-hybridized carbons (Fsp3) is 0.650. The van der Waals surface area contributed by atoms with E-state index in [0.29, 0.717) is 6.79 Å². The van der Waals surface area contributed by atoms with Crippen molar-refractivity contribution in [2.45, 2.75) is 65.2 Å². The Hall–Kier alpha value is -1.49. The summed E-state index contributed by atoms with van der Waals surface area (Å²) >= 11 is 5.68. The molecule has 140 valence electrons. The minimum atomic E-state index is 0.296. The highest BCUT2D eigenvalue weighted by Crippen LogP contribution is 2.34. The number of anilines is 1. The normalized spacial score (nSPS) is 12.2. The molecule has 0 spiro atoms. The fourth-order valence-corrected chi connectivity index (χ4v) is 3.25. The summed E-state index contributed by atoms with van der Waals surface area (Å²) in [6.07, 6.45) is 10.1. The molecule has 0 fully saturated rings. The van der Waals surface area contributed by atoms with E-state index < -0.39 is 0 Å². The average Bonchev–Trinajstić information content (AvgIpc) is 3.08. The van der Waals surface area contributed by atoms with E-state index in [1.807, 2.05) is 18.2 Å². The zero-order valence-corrected chi connectivity index (χ0v) is 16.5. The van der Waals surface area contributed by atoms with Crippen LogP contribution >= 0.6 is 12.2 Å². The van der Waals surface area contributed by atoms with Crippen LogP contribution in [0.4, 0.5) is 5.69 Å². The molecular formula is C20H32N2O2S. The minimum absolute atomic E-state index is 0.296. The number of hydrogen-bond acceptors (Lipinski definition) is 3. The SMILES string of the molecule is CCCCCCN(CCCCCC)C(=S)Nc1ccc2c(c1)OCO2. The predicted molar refractivity (Wildman–Crippen MR) is 109 cm³/mol. The molecule has 1 aromatic carbocycles. The number of benzene rings is 1. The van der Waals surface area contributed by atoms with Crippen molar-refractivity contribution >= 4 is 23.0 Å². The topological polar surface area (TPSA) is 33.7 Å². The fourth-order valence-electron chi connectivity index (χ4n) is 2.95. The third kappa shape index (κ3) is 6.73. The quantitative estimate of drug-likeness (QED) is 0.410. The molecule has 0 saturated carbocycles. The summed E-state index contributed by atoms with van der Waals surface area (Å²) in [7, 11) is 0. The molecule has 2 rings (SSSR count). The van der Waals surface area contributed by atoms with Crippen molar-refractivity contribution in [1.82, 2.24) is 4.90 Å². The molecule has 0 radical (unpaired) electrons. The Balaban J connectivity index is 1.88. The van der Waals surface area contributed by atoms with Crippen LogP contribution in [0.5, 0.6) is 11.5 Å². The van der Waals surface area contributed by atoms with Gasteiger partial charge in [0, 0.05) is 24.8 Å². The molecule has 4 nitrogen and oxygen atoms in total. The first-order chi connectivity index (χ1) is 12.2.